The number of nitrogens with one attached hydrogen (secondary N) is 1. The monoisotopic (exact) mass is 1060 g/mol. The van der Waals surface area contributed by atoms with E-state index < -0.39 is 20.0 Å². The van der Waals surface area contributed by atoms with Crippen LogP contribution >= 0.6 is 7.82 Å². The topological polar surface area (TPSA) is 111 Å². The third-order valence-electron chi connectivity index (χ3n) is 13.4. The minimum absolute atomic E-state index is 0.0357. The number of hydrogen-bond acceptors (Lipinski definition) is 6. The first-order chi connectivity index (χ1) is 35.9. The van der Waals surface area contributed by atoms with E-state index in [1.807, 2.05) is 33.3 Å². The van der Waals surface area contributed by atoms with Crippen molar-refractivity contribution in [2.45, 2.75) is 283 Å². The second-order valence-corrected chi connectivity index (χ2v) is 23.4. The van der Waals surface area contributed by atoms with E-state index in [1.165, 1.54) is 154 Å². The molecule has 10 heteroatoms. The number of rotatable bonds is 55. The van der Waals surface area contributed by atoms with Crippen molar-refractivity contribution in [3.05, 3.63) is 72.9 Å². The molecule has 9 nitrogen and oxygen atoms in total. The molecule has 0 spiro atoms. The second-order valence-electron chi connectivity index (χ2n) is 21.9. The molecule has 0 aromatic carbocycles. The Kier molecular flexibility index (Phi) is 52.0. The highest BCUT2D eigenvalue weighted by Crippen LogP contribution is 2.43. The standard InChI is InChI=1S/C64H117N2O7P/c1-7-10-13-16-19-22-25-28-30-31-32-33-34-35-37-38-41-44-47-50-53-56-63(67)65-61(60-72-74(69,70)71-59-58-66(4,5)6)62(55-52-49-46-43-40-27-24-21-18-15-12-9-3)73-64(68)57-54-51-48-45-42-39-36-29-26-23-20-17-14-11-8-2/h11,14,17,19-20,22-23,26,28,30,52,55,61-62H,7-10,12-13,15-16,18,21,24-25,27,29,31-51,53-54,56-60H2,1-6H3,(H-,65,67,69,70)/p+1/b14-11+,20-17+,22-19-,26-23+,30-28-,55-52-. The number of unbranched alkanes of at least 4 members (excludes halogenated alkanes) is 31. The molecule has 2 N–H and O–H groups in total. The van der Waals surface area contributed by atoms with Gasteiger partial charge in [-0.2, -0.15) is 0 Å². The van der Waals surface area contributed by atoms with Gasteiger partial charge in [0.1, 0.15) is 19.3 Å². The van der Waals surface area contributed by atoms with E-state index in [2.05, 4.69) is 86.8 Å². The number of esters is 1. The Bertz CT molecular complexity index is 1500. The number of carbonyl (C=O) groups is 2. The Hall–Kier alpha value is -2.55. The molecule has 0 rings (SSSR count). The molecule has 1 amide bonds. The lowest BCUT2D eigenvalue weighted by Gasteiger charge is -2.27. The minimum Gasteiger partial charge on any atom is -0.456 e. The van der Waals surface area contributed by atoms with Crippen molar-refractivity contribution >= 4 is 19.7 Å². The van der Waals surface area contributed by atoms with Crippen molar-refractivity contribution in [3.63, 3.8) is 0 Å². The van der Waals surface area contributed by atoms with E-state index in [0.717, 1.165) is 83.5 Å². The number of ether oxygens (including phenoxy) is 1. The number of carbonyl (C=O) groups excluding carboxylic acids is 2. The Morgan fingerprint density at radius 1 is 0.500 bits per heavy atom. The molecule has 0 heterocycles. The van der Waals surface area contributed by atoms with E-state index in [1.54, 1.807) is 0 Å². The van der Waals surface area contributed by atoms with Gasteiger partial charge >= 0.3 is 13.8 Å². The molecule has 74 heavy (non-hydrogen) atoms. The number of phosphoric ester groups is 1. The van der Waals surface area contributed by atoms with E-state index in [0.29, 0.717) is 17.4 Å². The van der Waals surface area contributed by atoms with Crippen LogP contribution in [-0.4, -0.2) is 74.3 Å². The van der Waals surface area contributed by atoms with Gasteiger partial charge in [-0.25, -0.2) is 4.57 Å². The summed E-state index contributed by atoms with van der Waals surface area (Å²) in [5, 5.41) is 3.05. The van der Waals surface area contributed by atoms with Crippen LogP contribution in [0.5, 0.6) is 0 Å². The Morgan fingerprint density at radius 3 is 1.42 bits per heavy atom. The molecule has 0 saturated heterocycles. The lowest BCUT2D eigenvalue weighted by atomic mass is 10.0. The first kappa shape index (κ1) is 71.5. The zero-order valence-corrected chi connectivity index (χ0v) is 50.0. The number of hydrogen-bond donors (Lipinski definition) is 2. The molecular formula is C64H118N2O7P+. The molecule has 0 aliphatic carbocycles. The number of quaternary nitrogens is 1. The average molecular weight is 1060 g/mol. The maximum absolute atomic E-state index is 13.5. The zero-order valence-electron chi connectivity index (χ0n) is 49.1. The Morgan fingerprint density at radius 2 is 0.919 bits per heavy atom. The van der Waals surface area contributed by atoms with Crippen molar-refractivity contribution in [3.8, 4) is 0 Å². The maximum atomic E-state index is 13.5. The van der Waals surface area contributed by atoms with Gasteiger partial charge in [0.25, 0.3) is 0 Å². The molecule has 0 aliphatic rings. The van der Waals surface area contributed by atoms with Crippen molar-refractivity contribution in [2.24, 2.45) is 0 Å². The minimum atomic E-state index is -4.45. The quantitative estimate of drug-likeness (QED) is 0.0156. The van der Waals surface area contributed by atoms with Crippen LogP contribution in [0.2, 0.25) is 0 Å². The summed E-state index contributed by atoms with van der Waals surface area (Å²) in [5.41, 5.74) is 0. The van der Waals surface area contributed by atoms with Crippen LogP contribution in [0.3, 0.4) is 0 Å². The maximum Gasteiger partial charge on any atom is 0.472 e. The van der Waals surface area contributed by atoms with Crippen LogP contribution in [0, 0.1) is 0 Å². The summed E-state index contributed by atoms with van der Waals surface area (Å²) >= 11 is 0. The number of likely N-dealkylation sites (N-methyl/N-ethyl adjacent to an activating group) is 1. The van der Waals surface area contributed by atoms with Crippen LogP contribution in [0.15, 0.2) is 72.9 Å². The van der Waals surface area contributed by atoms with Gasteiger partial charge in [0.15, 0.2) is 0 Å². The SMILES string of the molecule is CC/C=C/C=C/C=C/CCCCCCCCCC(=O)OC(/C=C\CCCCCCCCCCCC)C(COP(=O)(O)OCC[N+](C)(C)C)NC(=O)CCCCCCCCCCCCC/C=C\C/C=C\CCCCC. The first-order valence-electron chi connectivity index (χ1n) is 30.8. The third-order valence-corrected chi connectivity index (χ3v) is 14.4. The average Bonchev–Trinajstić information content (AvgIpc) is 3.36. The van der Waals surface area contributed by atoms with Crippen molar-refractivity contribution in [1.29, 1.82) is 0 Å². The largest absolute Gasteiger partial charge is 0.472 e. The molecular weight excluding hydrogens is 940 g/mol. The summed E-state index contributed by atoms with van der Waals surface area (Å²) < 4.78 is 30.7. The molecule has 0 aliphatic heterocycles. The molecule has 0 aromatic heterocycles. The smallest absolute Gasteiger partial charge is 0.456 e. The molecule has 0 bridgehead atoms. The molecule has 0 fully saturated rings. The van der Waals surface area contributed by atoms with Crippen LogP contribution in [0.25, 0.3) is 0 Å². The number of phosphoric acid groups is 1. The van der Waals surface area contributed by atoms with Gasteiger partial charge in [-0.3, -0.25) is 18.6 Å². The van der Waals surface area contributed by atoms with Crippen molar-refractivity contribution < 1.29 is 37.3 Å². The fourth-order valence-electron chi connectivity index (χ4n) is 8.68. The van der Waals surface area contributed by atoms with E-state index in [4.69, 9.17) is 13.8 Å². The predicted molar refractivity (Wildman–Crippen MR) is 318 cm³/mol. The molecule has 3 unspecified atom stereocenters. The molecule has 0 radical (unpaired) electrons. The first-order valence-corrected chi connectivity index (χ1v) is 32.3. The van der Waals surface area contributed by atoms with Gasteiger partial charge in [-0.1, -0.05) is 248 Å². The van der Waals surface area contributed by atoms with Crippen molar-refractivity contribution in [2.75, 3.05) is 40.9 Å². The van der Waals surface area contributed by atoms with Gasteiger partial charge in [-0.15, -0.1) is 0 Å². The fraction of sp³-hybridized carbons (Fsp3) is 0.781. The summed E-state index contributed by atoms with van der Waals surface area (Å²) in [7, 11) is 1.48. The summed E-state index contributed by atoms with van der Waals surface area (Å²) in [6.45, 7) is 6.86. The molecule has 0 saturated carbocycles. The summed E-state index contributed by atoms with van der Waals surface area (Å²) in [6, 6.07) is -0.856. The summed E-state index contributed by atoms with van der Waals surface area (Å²) in [4.78, 5) is 37.7. The summed E-state index contributed by atoms with van der Waals surface area (Å²) in [5.74, 6) is -0.519. The second kappa shape index (κ2) is 53.8. The number of nitrogens with zero attached hydrogens (tertiary/aromatic N) is 1. The van der Waals surface area contributed by atoms with Gasteiger partial charge < -0.3 is 19.4 Å². The normalized spacial score (nSPS) is 14.2. The number of amides is 1. The Labute approximate surface area is 457 Å². The van der Waals surface area contributed by atoms with E-state index in [9.17, 15) is 19.0 Å². The van der Waals surface area contributed by atoms with Gasteiger partial charge in [0.05, 0.1) is 33.8 Å². The third kappa shape index (κ3) is 54.2. The lowest BCUT2D eigenvalue weighted by Crippen LogP contribution is -2.47. The highest BCUT2D eigenvalue weighted by atomic mass is 31.2. The van der Waals surface area contributed by atoms with Gasteiger partial charge in [0.2, 0.25) is 5.91 Å². The summed E-state index contributed by atoms with van der Waals surface area (Å²) in [6.07, 6.45) is 68.9. The number of allylic oxidation sites excluding steroid dienone is 11. The van der Waals surface area contributed by atoms with Crippen molar-refractivity contribution in [1.82, 2.24) is 5.32 Å². The fourth-order valence-corrected chi connectivity index (χ4v) is 9.41. The Balaban J connectivity index is 5.23. The van der Waals surface area contributed by atoms with E-state index >= 15 is 0 Å². The molecule has 3 atom stereocenters. The van der Waals surface area contributed by atoms with Crippen LogP contribution < -0.4 is 5.32 Å². The lowest BCUT2D eigenvalue weighted by molar-refractivity contribution is -0.870. The van der Waals surface area contributed by atoms with Gasteiger partial charge in [0, 0.05) is 12.8 Å². The van der Waals surface area contributed by atoms with E-state index in [-0.39, 0.29) is 31.5 Å². The predicted octanol–water partition coefficient (Wildman–Crippen LogP) is 18.8. The molecule has 430 valence electrons. The highest BCUT2D eigenvalue weighted by Gasteiger charge is 2.30. The van der Waals surface area contributed by atoms with Gasteiger partial charge in [-0.05, 0) is 83.1 Å². The van der Waals surface area contributed by atoms with Crippen LogP contribution in [0.4, 0.5) is 0 Å². The molecule has 0 aromatic rings. The highest BCUT2D eigenvalue weighted by molar-refractivity contribution is 7.47. The van der Waals surface area contributed by atoms with Crippen LogP contribution in [0.1, 0.15) is 271 Å². The van der Waals surface area contributed by atoms with Crippen LogP contribution in [-0.2, 0) is 27.9 Å². The zero-order chi connectivity index (χ0) is 54.3.